The maximum absolute atomic E-state index is 12.4. The molecule has 0 bridgehead atoms. The quantitative estimate of drug-likeness (QED) is 0.601. The van der Waals surface area contributed by atoms with Gasteiger partial charge in [-0.25, -0.2) is 4.79 Å². The van der Waals surface area contributed by atoms with Gasteiger partial charge in [-0.05, 0) is 53.9 Å². The largest absolute Gasteiger partial charge is 0.481 e. The van der Waals surface area contributed by atoms with E-state index < -0.39 is 12.1 Å². The molecule has 0 spiro atoms. The zero-order valence-electron chi connectivity index (χ0n) is 18.3. The van der Waals surface area contributed by atoms with E-state index in [1.807, 2.05) is 24.3 Å². The molecule has 0 aliphatic heterocycles. The van der Waals surface area contributed by atoms with Gasteiger partial charge in [0.1, 0.15) is 6.61 Å². The molecule has 0 unspecified atom stereocenters. The summed E-state index contributed by atoms with van der Waals surface area (Å²) in [5.74, 6) is -1.19. The molecular formula is C26H28N2O5. The summed E-state index contributed by atoms with van der Waals surface area (Å²) in [5.41, 5.74) is 4.71. The molecule has 4 atom stereocenters. The second kappa shape index (κ2) is 8.89. The van der Waals surface area contributed by atoms with Gasteiger partial charge < -0.3 is 20.5 Å². The lowest BCUT2D eigenvalue weighted by atomic mass is 9.98. The van der Waals surface area contributed by atoms with Gasteiger partial charge in [-0.15, -0.1) is 0 Å². The maximum Gasteiger partial charge on any atom is 0.407 e. The first-order valence-corrected chi connectivity index (χ1v) is 11.6. The molecule has 172 valence electrons. The molecule has 2 amide bonds. The van der Waals surface area contributed by atoms with Gasteiger partial charge in [-0.1, -0.05) is 48.5 Å². The van der Waals surface area contributed by atoms with Gasteiger partial charge in [0, 0.05) is 24.4 Å². The highest BCUT2D eigenvalue weighted by Gasteiger charge is 2.44. The third-order valence-corrected chi connectivity index (χ3v) is 7.24. The lowest BCUT2D eigenvalue weighted by Gasteiger charge is -2.15. The summed E-state index contributed by atoms with van der Waals surface area (Å²) in [6.07, 6.45) is 2.07. The Morgan fingerprint density at radius 3 is 2.24 bits per heavy atom. The SMILES string of the molecule is O=C(NC[C@H]1C[C@H]1C(=O)N[C@H]1CC[C@@H](C(=O)O)C1)OCC1c2ccccc2-c2ccccc21. The van der Waals surface area contributed by atoms with E-state index >= 15 is 0 Å². The van der Waals surface area contributed by atoms with Gasteiger partial charge in [0.05, 0.1) is 5.92 Å². The monoisotopic (exact) mass is 448 g/mol. The zero-order chi connectivity index (χ0) is 22.9. The number of amides is 2. The number of ether oxygens (including phenoxy) is 1. The number of rotatable bonds is 7. The van der Waals surface area contributed by atoms with Crippen LogP contribution in [0.25, 0.3) is 11.1 Å². The molecule has 2 aromatic rings. The highest BCUT2D eigenvalue weighted by molar-refractivity contribution is 5.82. The predicted octanol–water partition coefficient (Wildman–Crippen LogP) is 3.53. The fraction of sp³-hybridized carbons (Fsp3) is 0.423. The summed E-state index contributed by atoms with van der Waals surface area (Å²) in [4.78, 5) is 35.8. The Hall–Kier alpha value is -3.35. The fourth-order valence-corrected chi connectivity index (χ4v) is 5.30. The van der Waals surface area contributed by atoms with Crippen LogP contribution in [0.4, 0.5) is 4.79 Å². The summed E-state index contributed by atoms with van der Waals surface area (Å²) < 4.78 is 5.55. The van der Waals surface area contributed by atoms with Crippen molar-refractivity contribution in [1.29, 1.82) is 0 Å². The van der Waals surface area contributed by atoms with Crippen LogP contribution in [-0.2, 0) is 14.3 Å². The molecule has 33 heavy (non-hydrogen) atoms. The van der Waals surface area contributed by atoms with Crippen LogP contribution in [0.2, 0.25) is 0 Å². The number of carbonyl (C=O) groups excluding carboxylic acids is 2. The molecule has 2 saturated carbocycles. The minimum Gasteiger partial charge on any atom is -0.481 e. The molecule has 0 saturated heterocycles. The number of carboxylic acids is 1. The van der Waals surface area contributed by atoms with Crippen LogP contribution in [0.15, 0.2) is 48.5 Å². The van der Waals surface area contributed by atoms with E-state index in [9.17, 15) is 14.4 Å². The van der Waals surface area contributed by atoms with Gasteiger partial charge in [0.2, 0.25) is 5.91 Å². The van der Waals surface area contributed by atoms with Crippen molar-refractivity contribution in [3.05, 3.63) is 59.7 Å². The number of hydrogen-bond acceptors (Lipinski definition) is 4. The Morgan fingerprint density at radius 2 is 1.61 bits per heavy atom. The Bertz CT molecular complexity index is 1040. The molecule has 7 heteroatoms. The number of hydrogen-bond donors (Lipinski definition) is 3. The van der Waals surface area contributed by atoms with Crippen molar-refractivity contribution in [2.45, 2.75) is 37.6 Å². The average Bonchev–Trinajstić information content (AvgIpc) is 3.33. The van der Waals surface area contributed by atoms with Crippen LogP contribution in [-0.4, -0.2) is 42.3 Å². The van der Waals surface area contributed by atoms with Gasteiger partial charge in [0.25, 0.3) is 0 Å². The first-order valence-electron chi connectivity index (χ1n) is 11.6. The summed E-state index contributed by atoms with van der Waals surface area (Å²) in [6.45, 7) is 0.665. The van der Waals surface area contributed by atoms with Crippen LogP contribution in [0, 0.1) is 17.8 Å². The van der Waals surface area contributed by atoms with Crippen LogP contribution in [0.3, 0.4) is 0 Å². The Kier molecular flexibility index (Phi) is 5.79. The van der Waals surface area contributed by atoms with E-state index in [0.29, 0.717) is 25.8 Å². The van der Waals surface area contributed by atoms with Crippen LogP contribution >= 0.6 is 0 Å². The van der Waals surface area contributed by atoms with E-state index in [1.165, 1.54) is 22.3 Å². The van der Waals surface area contributed by atoms with Gasteiger partial charge in [0.15, 0.2) is 0 Å². The van der Waals surface area contributed by atoms with Crippen molar-refractivity contribution in [3.8, 4) is 11.1 Å². The standard InChI is InChI=1S/C26H28N2O5/c29-24(28-17-10-9-15(11-17)25(30)31)22-12-16(22)13-27-26(32)33-14-23-20-7-3-1-5-18(20)19-6-2-4-8-21(19)23/h1-8,15-17,22-23H,9-14H2,(H,27,32)(H,28,29)(H,30,31)/t15-,16-,17+,22-/m1/s1. The smallest absolute Gasteiger partial charge is 0.407 e. The van der Waals surface area contributed by atoms with Crippen molar-refractivity contribution in [2.75, 3.05) is 13.2 Å². The van der Waals surface area contributed by atoms with E-state index in [-0.39, 0.29) is 42.2 Å². The number of benzene rings is 2. The first kappa shape index (κ1) is 21.5. The van der Waals surface area contributed by atoms with E-state index in [4.69, 9.17) is 9.84 Å². The minimum atomic E-state index is -0.789. The van der Waals surface area contributed by atoms with Crippen molar-refractivity contribution in [3.63, 3.8) is 0 Å². The maximum atomic E-state index is 12.4. The number of alkyl carbamates (subject to hydrolysis) is 1. The molecule has 0 radical (unpaired) electrons. The molecule has 7 nitrogen and oxygen atoms in total. The van der Waals surface area contributed by atoms with Gasteiger partial charge in [-0.3, -0.25) is 9.59 Å². The number of carboxylic acid groups (broad SMARTS) is 1. The molecule has 3 aliphatic carbocycles. The number of fused-ring (bicyclic) bond motifs is 3. The second-order valence-electron chi connectivity index (χ2n) is 9.36. The number of nitrogens with one attached hydrogen (secondary N) is 2. The lowest BCUT2D eigenvalue weighted by molar-refractivity contribution is -0.141. The molecule has 0 aromatic heterocycles. The molecule has 3 N–H and O–H groups in total. The minimum absolute atomic E-state index is 0.0173. The predicted molar refractivity (Wildman–Crippen MR) is 122 cm³/mol. The number of carbonyl (C=O) groups is 3. The average molecular weight is 449 g/mol. The second-order valence-corrected chi connectivity index (χ2v) is 9.36. The molecule has 0 heterocycles. The first-order chi connectivity index (χ1) is 16.0. The summed E-state index contributed by atoms with van der Waals surface area (Å²) >= 11 is 0. The highest BCUT2D eigenvalue weighted by atomic mass is 16.5. The van der Waals surface area contributed by atoms with Gasteiger partial charge >= 0.3 is 12.1 Å². The molecule has 2 aromatic carbocycles. The van der Waals surface area contributed by atoms with Gasteiger partial charge in [-0.2, -0.15) is 0 Å². The summed E-state index contributed by atoms with van der Waals surface area (Å²) in [6, 6.07) is 16.3. The number of aliphatic carboxylic acids is 1. The van der Waals surface area contributed by atoms with E-state index in [2.05, 4.69) is 34.9 Å². The highest BCUT2D eigenvalue weighted by Crippen LogP contribution is 2.44. The van der Waals surface area contributed by atoms with Crippen molar-refractivity contribution < 1.29 is 24.2 Å². The van der Waals surface area contributed by atoms with Crippen molar-refractivity contribution in [1.82, 2.24) is 10.6 Å². The molecule has 2 fully saturated rings. The Labute approximate surface area is 192 Å². The van der Waals surface area contributed by atoms with Crippen molar-refractivity contribution in [2.24, 2.45) is 17.8 Å². The van der Waals surface area contributed by atoms with Crippen molar-refractivity contribution >= 4 is 18.0 Å². The molecule has 5 rings (SSSR count). The third-order valence-electron chi connectivity index (χ3n) is 7.24. The van der Waals surface area contributed by atoms with E-state index in [1.54, 1.807) is 0 Å². The zero-order valence-corrected chi connectivity index (χ0v) is 18.3. The fourth-order valence-electron chi connectivity index (χ4n) is 5.30. The van der Waals surface area contributed by atoms with Crippen LogP contribution in [0.5, 0.6) is 0 Å². The molecule has 3 aliphatic rings. The van der Waals surface area contributed by atoms with Crippen LogP contribution < -0.4 is 10.6 Å². The normalized spacial score (nSPS) is 25.1. The van der Waals surface area contributed by atoms with E-state index in [0.717, 1.165) is 6.42 Å². The third kappa shape index (κ3) is 4.45. The Morgan fingerprint density at radius 1 is 0.939 bits per heavy atom. The molecular weight excluding hydrogens is 420 g/mol. The van der Waals surface area contributed by atoms with Crippen LogP contribution in [0.1, 0.15) is 42.7 Å². The topological polar surface area (TPSA) is 105 Å². The summed E-state index contributed by atoms with van der Waals surface area (Å²) in [5, 5.41) is 14.9. The Balaban J connectivity index is 1.07. The summed E-state index contributed by atoms with van der Waals surface area (Å²) in [7, 11) is 0. The lowest BCUT2D eigenvalue weighted by Crippen LogP contribution is -2.35.